The number of nitrogens with one attached hydrogen (secondary N) is 1. The van der Waals surface area contributed by atoms with E-state index in [2.05, 4.69) is 33.4 Å². The van der Waals surface area contributed by atoms with E-state index in [-0.39, 0.29) is 6.09 Å². The van der Waals surface area contributed by atoms with Crippen molar-refractivity contribution in [1.82, 2.24) is 10.2 Å². The van der Waals surface area contributed by atoms with Crippen molar-refractivity contribution in [3.8, 4) is 5.75 Å². The van der Waals surface area contributed by atoms with Gasteiger partial charge in [0.15, 0.2) is 0 Å². The van der Waals surface area contributed by atoms with E-state index >= 15 is 0 Å². The Morgan fingerprint density at radius 2 is 2.10 bits per heavy atom. The van der Waals surface area contributed by atoms with E-state index in [1.807, 2.05) is 6.07 Å². The molecule has 1 saturated heterocycles. The minimum absolute atomic E-state index is 0.229. The van der Waals surface area contributed by atoms with Gasteiger partial charge in [0.05, 0.1) is 18.7 Å². The highest BCUT2D eigenvalue weighted by atomic mass is 79.9. The number of nitrogens with zero attached hydrogens (tertiary/aromatic N) is 1. The number of piperidine rings is 1. The fourth-order valence-electron chi connectivity index (χ4n) is 2.48. The Labute approximate surface area is 133 Å². The average Bonchev–Trinajstić information content (AvgIpc) is 2.52. The Bertz CT molecular complexity index is 488. The second kappa shape index (κ2) is 7.66. The number of hydrogen-bond donors (Lipinski definition) is 1. The first kappa shape index (κ1) is 16.1. The van der Waals surface area contributed by atoms with Crippen molar-refractivity contribution in [3.63, 3.8) is 0 Å². The van der Waals surface area contributed by atoms with Gasteiger partial charge in [-0.25, -0.2) is 4.79 Å². The van der Waals surface area contributed by atoms with Crippen LogP contribution in [0.4, 0.5) is 4.79 Å². The molecule has 1 N–H and O–H groups in total. The quantitative estimate of drug-likeness (QED) is 0.900. The van der Waals surface area contributed by atoms with Gasteiger partial charge in [0, 0.05) is 25.7 Å². The second-order valence-electron chi connectivity index (χ2n) is 5.08. The molecule has 1 fully saturated rings. The molecule has 1 aromatic carbocycles. The summed E-state index contributed by atoms with van der Waals surface area (Å²) in [6.45, 7) is 2.30. The minimum atomic E-state index is -0.229. The molecular weight excluding hydrogens is 336 g/mol. The Morgan fingerprint density at radius 3 is 2.67 bits per heavy atom. The SMILES string of the molecule is COC(=O)N1CCC(NCc2ccc(OC)c(Br)c2)CC1. The normalized spacial score (nSPS) is 15.9. The third-order valence-corrected chi connectivity index (χ3v) is 4.36. The molecule has 0 aromatic heterocycles. The van der Waals surface area contributed by atoms with Crippen molar-refractivity contribution in [2.75, 3.05) is 27.3 Å². The van der Waals surface area contributed by atoms with E-state index in [9.17, 15) is 4.79 Å². The summed E-state index contributed by atoms with van der Waals surface area (Å²) >= 11 is 3.49. The third-order valence-electron chi connectivity index (χ3n) is 3.74. The van der Waals surface area contributed by atoms with Gasteiger partial charge in [0.2, 0.25) is 0 Å². The number of amides is 1. The summed E-state index contributed by atoms with van der Waals surface area (Å²) in [6.07, 6.45) is 1.67. The van der Waals surface area contributed by atoms with E-state index in [4.69, 9.17) is 9.47 Å². The molecule has 0 atom stereocenters. The molecule has 1 amide bonds. The molecule has 1 aromatic rings. The Balaban J connectivity index is 1.79. The summed E-state index contributed by atoms with van der Waals surface area (Å²) < 4.78 is 10.9. The van der Waals surface area contributed by atoms with Crippen molar-refractivity contribution in [2.45, 2.75) is 25.4 Å². The number of carbonyl (C=O) groups excluding carboxylic acids is 1. The summed E-state index contributed by atoms with van der Waals surface area (Å²) in [6, 6.07) is 6.52. The van der Waals surface area contributed by atoms with E-state index in [0.717, 1.165) is 42.7 Å². The molecule has 0 saturated carbocycles. The molecule has 0 spiro atoms. The molecule has 1 aliphatic rings. The molecule has 5 nitrogen and oxygen atoms in total. The summed E-state index contributed by atoms with van der Waals surface area (Å²) in [5.74, 6) is 0.838. The van der Waals surface area contributed by atoms with E-state index in [1.54, 1.807) is 12.0 Å². The van der Waals surface area contributed by atoms with Crippen LogP contribution in [0.1, 0.15) is 18.4 Å². The van der Waals surface area contributed by atoms with Crippen LogP contribution in [-0.4, -0.2) is 44.3 Å². The number of rotatable bonds is 4. The van der Waals surface area contributed by atoms with Crippen LogP contribution in [0.25, 0.3) is 0 Å². The molecule has 116 valence electrons. The molecule has 0 aliphatic carbocycles. The molecule has 1 aliphatic heterocycles. The monoisotopic (exact) mass is 356 g/mol. The minimum Gasteiger partial charge on any atom is -0.496 e. The zero-order valence-electron chi connectivity index (χ0n) is 12.4. The molecule has 1 heterocycles. The smallest absolute Gasteiger partial charge is 0.409 e. The van der Waals surface area contributed by atoms with Gasteiger partial charge in [-0.3, -0.25) is 0 Å². The number of ether oxygens (including phenoxy) is 2. The van der Waals surface area contributed by atoms with Gasteiger partial charge < -0.3 is 19.7 Å². The molecule has 0 radical (unpaired) electrons. The summed E-state index contributed by atoms with van der Waals surface area (Å²) in [4.78, 5) is 13.2. The molecule has 0 bridgehead atoms. The number of halogens is 1. The molecule has 2 rings (SSSR count). The molecule has 0 unspecified atom stereocenters. The molecule has 21 heavy (non-hydrogen) atoms. The van der Waals surface area contributed by atoms with Crippen LogP contribution in [0.15, 0.2) is 22.7 Å². The highest BCUT2D eigenvalue weighted by Crippen LogP contribution is 2.25. The van der Waals surface area contributed by atoms with Gasteiger partial charge in [-0.2, -0.15) is 0 Å². The first-order valence-corrected chi connectivity index (χ1v) is 7.82. The van der Waals surface area contributed by atoms with Crippen LogP contribution in [0.2, 0.25) is 0 Å². The lowest BCUT2D eigenvalue weighted by Gasteiger charge is -2.31. The van der Waals surface area contributed by atoms with Gasteiger partial charge >= 0.3 is 6.09 Å². The maximum Gasteiger partial charge on any atom is 0.409 e. The number of carbonyl (C=O) groups is 1. The van der Waals surface area contributed by atoms with Crippen LogP contribution in [0.5, 0.6) is 5.75 Å². The number of methoxy groups -OCH3 is 2. The number of hydrogen-bond acceptors (Lipinski definition) is 4. The summed E-state index contributed by atoms with van der Waals surface area (Å²) in [7, 11) is 3.08. The van der Waals surface area contributed by atoms with E-state index in [1.165, 1.54) is 12.7 Å². The fraction of sp³-hybridized carbons (Fsp3) is 0.533. The third kappa shape index (κ3) is 4.35. The maximum absolute atomic E-state index is 11.4. The number of benzene rings is 1. The van der Waals surface area contributed by atoms with E-state index in [0.29, 0.717) is 6.04 Å². The number of likely N-dealkylation sites (tertiary alicyclic amines) is 1. The predicted octanol–water partition coefficient (Wildman–Crippen LogP) is 2.78. The van der Waals surface area contributed by atoms with Crippen LogP contribution < -0.4 is 10.1 Å². The molecular formula is C15H21BrN2O3. The lowest BCUT2D eigenvalue weighted by Crippen LogP contribution is -2.44. The lowest BCUT2D eigenvalue weighted by atomic mass is 10.0. The standard InChI is InChI=1S/C15H21BrN2O3/c1-20-14-4-3-11(9-13(14)16)10-17-12-5-7-18(8-6-12)15(19)21-2/h3-4,9,12,17H,5-8,10H2,1-2H3. The predicted molar refractivity (Wildman–Crippen MR) is 84.5 cm³/mol. The van der Waals surface area contributed by atoms with Crippen molar-refractivity contribution >= 4 is 22.0 Å². The van der Waals surface area contributed by atoms with Crippen LogP contribution in [0.3, 0.4) is 0 Å². The fourth-order valence-corrected chi connectivity index (χ4v) is 3.07. The maximum atomic E-state index is 11.4. The first-order chi connectivity index (χ1) is 10.1. The average molecular weight is 357 g/mol. The topological polar surface area (TPSA) is 50.8 Å². The summed E-state index contributed by atoms with van der Waals surface area (Å²) in [5, 5.41) is 3.54. The second-order valence-corrected chi connectivity index (χ2v) is 5.94. The first-order valence-electron chi connectivity index (χ1n) is 7.02. The Kier molecular flexibility index (Phi) is 5.87. The largest absolute Gasteiger partial charge is 0.496 e. The molecule has 6 heteroatoms. The van der Waals surface area contributed by atoms with Gasteiger partial charge in [0.25, 0.3) is 0 Å². The van der Waals surface area contributed by atoms with Crippen LogP contribution in [-0.2, 0) is 11.3 Å². The van der Waals surface area contributed by atoms with Gasteiger partial charge in [-0.05, 0) is 46.5 Å². The lowest BCUT2D eigenvalue weighted by molar-refractivity contribution is 0.109. The zero-order valence-corrected chi connectivity index (χ0v) is 14.0. The van der Waals surface area contributed by atoms with E-state index < -0.39 is 0 Å². The zero-order chi connectivity index (χ0) is 15.2. The van der Waals surface area contributed by atoms with Crippen molar-refractivity contribution < 1.29 is 14.3 Å². The van der Waals surface area contributed by atoms with Gasteiger partial charge in [0.1, 0.15) is 5.75 Å². The van der Waals surface area contributed by atoms with Crippen LogP contribution in [0, 0.1) is 0 Å². The van der Waals surface area contributed by atoms with Crippen molar-refractivity contribution in [3.05, 3.63) is 28.2 Å². The highest BCUT2D eigenvalue weighted by Gasteiger charge is 2.22. The van der Waals surface area contributed by atoms with Crippen molar-refractivity contribution in [2.24, 2.45) is 0 Å². The Morgan fingerprint density at radius 1 is 1.38 bits per heavy atom. The van der Waals surface area contributed by atoms with Crippen LogP contribution >= 0.6 is 15.9 Å². The summed E-state index contributed by atoms with van der Waals surface area (Å²) in [5.41, 5.74) is 1.21. The van der Waals surface area contributed by atoms with Crippen molar-refractivity contribution in [1.29, 1.82) is 0 Å². The van der Waals surface area contributed by atoms with Gasteiger partial charge in [-0.15, -0.1) is 0 Å². The van der Waals surface area contributed by atoms with Gasteiger partial charge in [-0.1, -0.05) is 6.07 Å². The highest BCUT2D eigenvalue weighted by molar-refractivity contribution is 9.10. The Hall–Kier alpha value is -1.27.